The van der Waals surface area contributed by atoms with Crippen LogP contribution in [0, 0.1) is 10.1 Å². The molecule has 0 saturated carbocycles. The van der Waals surface area contributed by atoms with E-state index in [1.165, 1.54) is 30.3 Å². The molecule has 0 atom stereocenters. The third kappa shape index (κ3) is 2.90. The first-order chi connectivity index (χ1) is 6.22. The Bertz CT molecular complexity index is 321. The van der Waals surface area contributed by atoms with Gasteiger partial charge in [-0.2, -0.15) is 0 Å². The minimum absolute atomic E-state index is 0.0678. The summed E-state index contributed by atoms with van der Waals surface area (Å²) in [5.41, 5.74) is 0.609. The van der Waals surface area contributed by atoms with Gasteiger partial charge in [0.2, 0.25) is 6.20 Å². The van der Waals surface area contributed by atoms with Gasteiger partial charge in [0.25, 0.3) is 0 Å². The van der Waals surface area contributed by atoms with Gasteiger partial charge >= 0.3 is 0 Å². The van der Waals surface area contributed by atoms with Crippen molar-refractivity contribution in [3.05, 3.63) is 46.1 Å². The lowest BCUT2D eigenvalue weighted by atomic mass is 10.2. The minimum Gasteiger partial charge on any atom is -0.294 e. The predicted molar refractivity (Wildman–Crippen MR) is 44.2 cm³/mol. The average molecular weight is 183 g/mol. The van der Waals surface area contributed by atoms with Crippen molar-refractivity contribution in [2.45, 2.75) is 0 Å². The van der Waals surface area contributed by atoms with Crippen molar-refractivity contribution in [2.24, 2.45) is 0 Å². The second kappa shape index (κ2) is 4.20. The minimum atomic E-state index is -0.570. The normalized spacial score (nSPS) is 10.2. The summed E-state index contributed by atoms with van der Waals surface area (Å²) in [6.45, 7) is 0. The third-order valence-electron chi connectivity index (χ3n) is 1.36. The quantitative estimate of drug-likeness (QED) is 0.533. The molecule has 68 valence electrons. The van der Waals surface area contributed by atoms with Gasteiger partial charge in [-0.1, -0.05) is 12.1 Å². The van der Waals surface area contributed by atoms with E-state index >= 15 is 0 Å². The molecular weight excluding hydrogens is 177 g/mol. The van der Waals surface area contributed by atoms with Gasteiger partial charge in [0.15, 0.2) is 5.75 Å². The Hall–Kier alpha value is -1.91. The van der Waals surface area contributed by atoms with Crippen LogP contribution in [-0.2, 0) is 0 Å². The molecule has 0 amide bonds. The number of nitrogens with zero attached hydrogens (tertiary/aromatic N) is 1. The van der Waals surface area contributed by atoms with E-state index in [2.05, 4.69) is 4.94 Å². The molecule has 1 aromatic rings. The Kier molecular flexibility index (Phi) is 2.97. The maximum atomic E-state index is 11.5. The molecule has 0 radical (unpaired) electrons. The standard InChI is InChI=1S/C8H6FNO3/c9-13-8-3-1-7(2-4-8)5-6-10(11)12/h1-6H/b6-5+. The van der Waals surface area contributed by atoms with Crippen LogP contribution in [0.5, 0.6) is 5.75 Å². The van der Waals surface area contributed by atoms with Crippen LogP contribution in [0.15, 0.2) is 30.5 Å². The Labute approximate surface area is 73.3 Å². The Morgan fingerprint density at radius 2 is 2.00 bits per heavy atom. The monoisotopic (exact) mass is 183 g/mol. The van der Waals surface area contributed by atoms with E-state index in [-0.39, 0.29) is 5.75 Å². The molecular formula is C8H6FNO3. The van der Waals surface area contributed by atoms with Gasteiger partial charge in [-0.15, -0.1) is 0 Å². The molecule has 0 spiro atoms. The fourth-order valence-corrected chi connectivity index (χ4v) is 0.777. The van der Waals surface area contributed by atoms with Gasteiger partial charge in [0.1, 0.15) is 0 Å². The van der Waals surface area contributed by atoms with Gasteiger partial charge in [-0.3, -0.25) is 15.1 Å². The maximum absolute atomic E-state index is 11.5. The summed E-state index contributed by atoms with van der Waals surface area (Å²) in [6, 6.07) is 5.77. The third-order valence-corrected chi connectivity index (χ3v) is 1.36. The number of hydrogen-bond acceptors (Lipinski definition) is 3. The van der Waals surface area contributed by atoms with Crippen LogP contribution in [0.3, 0.4) is 0 Å². The Morgan fingerprint density at radius 1 is 1.38 bits per heavy atom. The van der Waals surface area contributed by atoms with Crippen LogP contribution >= 0.6 is 0 Å². The molecule has 5 heteroatoms. The molecule has 0 aliphatic heterocycles. The smallest absolute Gasteiger partial charge is 0.235 e. The summed E-state index contributed by atoms with van der Waals surface area (Å²) in [7, 11) is 0. The molecule has 0 aliphatic carbocycles. The predicted octanol–water partition coefficient (Wildman–Crippen LogP) is 2.20. The topological polar surface area (TPSA) is 52.4 Å². The molecule has 0 heterocycles. The Morgan fingerprint density at radius 3 is 2.46 bits per heavy atom. The summed E-state index contributed by atoms with van der Waals surface area (Å²) in [5.74, 6) is 0.0678. The molecule has 13 heavy (non-hydrogen) atoms. The summed E-state index contributed by atoms with van der Waals surface area (Å²) < 4.78 is 11.5. The highest BCUT2D eigenvalue weighted by molar-refractivity contribution is 5.49. The van der Waals surface area contributed by atoms with Crippen LogP contribution in [0.1, 0.15) is 5.56 Å². The second-order valence-corrected chi connectivity index (χ2v) is 2.25. The highest BCUT2D eigenvalue weighted by Gasteiger charge is 1.93. The number of hydrogen-bond donors (Lipinski definition) is 0. The lowest BCUT2D eigenvalue weighted by Gasteiger charge is -1.93. The molecule has 1 rings (SSSR count). The summed E-state index contributed by atoms with van der Waals surface area (Å²) in [6.07, 6.45) is 2.12. The lowest BCUT2D eigenvalue weighted by molar-refractivity contribution is -0.400. The zero-order valence-corrected chi connectivity index (χ0v) is 6.51. The van der Waals surface area contributed by atoms with Crippen molar-refractivity contribution >= 4 is 6.08 Å². The van der Waals surface area contributed by atoms with Gasteiger partial charge in [-0.25, -0.2) is 0 Å². The van der Waals surface area contributed by atoms with Crippen LogP contribution in [0.2, 0.25) is 0 Å². The largest absolute Gasteiger partial charge is 0.294 e. The van der Waals surface area contributed by atoms with Crippen molar-refractivity contribution in [2.75, 3.05) is 0 Å². The first-order valence-electron chi connectivity index (χ1n) is 3.43. The van der Waals surface area contributed by atoms with Crippen LogP contribution in [-0.4, -0.2) is 4.92 Å². The highest BCUT2D eigenvalue weighted by Crippen LogP contribution is 2.13. The molecule has 0 aliphatic rings. The van der Waals surface area contributed by atoms with E-state index in [1.54, 1.807) is 0 Å². The Balaban J connectivity index is 2.75. The maximum Gasteiger partial charge on any atom is 0.235 e. The van der Waals surface area contributed by atoms with Crippen LogP contribution in [0.4, 0.5) is 4.53 Å². The summed E-state index contributed by atoms with van der Waals surface area (Å²) >= 11 is 0. The van der Waals surface area contributed by atoms with Gasteiger partial charge in [0, 0.05) is 10.6 Å². The van der Waals surface area contributed by atoms with Crippen LogP contribution < -0.4 is 4.94 Å². The van der Waals surface area contributed by atoms with E-state index in [9.17, 15) is 14.6 Å². The fourth-order valence-electron chi connectivity index (χ4n) is 0.777. The van der Waals surface area contributed by atoms with Crippen molar-refractivity contribution in [1.82, 2.24) is 0 Å². The van der Waals surface area contributed by atoms with E-state index in [0.29, 0.717) is 5.56 Å². The average Bonchev–Trinajstić information content (AvgIpc) is 2.15. The van der Waals surface area contributed by atoms with Crippen molar-refractivity contribution < 1.29 is 14.4 Å². The molecule has 1 aromatic carbocycles. The van der Waals surface area contributed by atoms with Crippen molar-refractivity contribution in [3.63, 3.8) is 0 Å². The summed E-state index contributed by atoms with van der Waals surface area (Å²) in [4.78, 5) is 12.8. The number of halogens is 1. The van der Waals surface area contributed by atoms with E-state index in [1.807, 2.05) is 0 Å². The molecule has 0 N–H and O–H groups in total. The van der Waals surface area contributed by atoms with Crippen molar-refractivity contribution in [3.8, 4) is 5.75 Å². The molecule has 4 nitrogen and oxygen atoms in total. The SMILES string of the molecule is O=[N+]([O-])/C=C/c1ccc(OF)cc1. The van der Waals surface area contributed by atoms with Gasteiger partial charge in [0.05, 0.1) is 4.92 Å². The first kappa shape index (κ1) is 9.18. The van der Waals surface area contributed by atoms with E-state index in [0.717, 1.165) is 6.20 Å². The van der Waals surface area contributed by atoms with Crippen LogP contribution in [0.25, 0.3) is 6.08 Å². The number of nitro groups is 1. The molecule has 0 aromatic heterocycles. The fraction of sp³-hybridized carbons (Fsp3) is 0. The lowest BCUT2D eigenvalue weighted by Crippen LogP contribution is -1.82. The second-order valence-electron chi connectivity index (χ2n) is 2.25. The van der Waals surface area contributed by atoms with Gasteiger partial charge in [-0.05, 0) is 17.7 Å². The zero-order valence-electron chi connectivity index (χ0n) is 6.51. The summed E-state index contributed by atoms with van der Waals surface area (Å²) in [5, 5.41) is 9.93. The van der Waals surface area contributed by atoms with Gasteiger partial charge < -0.3 is 0 Å². The highest BCUT2D eigenvalue weighted by atomic mass is 19.3. The zero-order chi connectivity index (χ0) is 9.68. The number of rotatable bonds is 3. The molecule has 0 saturated heterocycles. The van der Waals surface area contributed by atoms with E-state index < -0.39 is 4.92 Å². The van der Waals surface area contributed by atoms with E-state index in [4.69, 9.17) is 0 Å². The number of benzene rings is 1. The molecule has 0 fully saturated rings. The molecule has 0 unspecified atom stereocenters. The first-order valence-corrected chi connectivity index (χ1v) is 3.43. The van der Waals surface area contributed by atoms with Crippen molar-refractivity contribution in [1.29, 1.82) is 0 Å². The molecule has 0 bridgehead atoms.